The molecule has 0 saturated heterocycles. The molecule has 2 aliphatic rings. The number of rotatable bonds is 6. The van der Waals surface area contributed by atoms with E-state index < -0.39 is 6.09 Å². The second-order valence-corrected chi connectivity index (χ2v) is 7.99. The summed E-state index contributed by atoms with van der Waals surface area (Å²) in [6, 6.07) is 15.0. The number of allylic oxidation sites excluding steroid dienone is 1. The molecule has 29 heavy (non-hydrogen) atoms. The van der Waals surface area contributed by atoms with Gasteiger partial charge in [0.1, 0.15) is 12.4 Å². The number of carbonyl (C=O) groups is 2. The Balaban J connectivity index is 1.32. The van der Waals surface area contributed by atoms with Gasteiger partial charge in [-0.05, 0) is 49.1 Å². The van der Waals surface area contributed by atoms with Gasteiger partial charge in [0.05, 0.1) is 0 Å². The van der Waals surface area contributed by atoms with Crippen LogP contribution in [0, 0.1) is 11.2 Å². The second kappa shape index (κ2) is 7.35. The molecule has 4 rings (SSSR count). The number of amides is 2. The van der Waals surface area contributed by atoms with Gasteiger partial charge in [0.15, 0.2) is 0 Å². The lowest BCUT2D eigenvalue weighted by Crippen LogP contribution is -2.52. The van der Waals surface area contributed by atoms with Gasteiger partial charge in [0.25, 0.3) is 5.91 Å². The molecule has 0 spiro atoms. The zero-order valence-corrected chi connectivity index (χ0v) is 16.2. The maximum absolute atomic E-state index is 13.1. The van der Waals surface area contributed by atoms with Crippen molar-refractivity contribution in [1.29, 1.82) is 0 Å². The van der Waals surface area contributed by atoms with Crippen LogP contribution >= 0.6 is 0 Å². The van der Waals surface area contributed by atoms with Crippen LogP contribution in [0.1, 0.15) is 42.1 Å². The lowest BCUT2D eigenvalue weighted by molar-refractivity contribution is 0.0878. The van der Waals surface area contributed by atoms with Gasteiger partial charge in [0.2, 0.25) is 0 Å². The minimum atomic E-state index is -0.484. The van der Waals surface area contributed by atoms with Gasteiger partial charge in [-0.25, -0.2) is 9.18 Å². The standard InChI is InChI=1S/C23H23FN2O3/c1-22(23(11-12-23)26-20(27)17-7-9-18(24)10-8-17)13-19(14-22)25-21(28)29-15-16-5-3-2-4-6-16/h2-10,13H,11-12,14-15H2,1H3,(H,25,28)(H,26,27). The summed E-state index contributed by atoms with van der Waals surface area (Å²) in [4.78, 5) is 24.5. The molecule has 0 radical (unpaired) electrons. The van der Waals surface area contributed by atoms with Crippen LogP contribution in [0.5, 0.6) is 0 Å². The van der Waals surface area contributed by atoms with Crippen molar-refractivity contribution in [2.45, 2.75) is 38.3 Å². The molecule has 0 bridgehead atoms. The number of nitrogens with one attached hydrogen (secondary N) is 2. The fraction of sp³-hybridized carbons (Fsp3) is 0.304. The summed E-state index contributed by atoms with van der Waals surface area (Å²) in [5.74, 6) is -0.577. The Labute approximate surface area is 169 Å². The fourth-order valence-electron chi connectivity index (χ4n) is 3.88. The van der Waals surface area contributed by atoms with Crippen LogP contribution in [0.15, 0.2) is 66.4 Å². The quantitative estimate of drug-likeness (QED) is 0.767. The summed E-state index contributed by atoms with van der Waals surface area (Å²) >= 11 is 0. The Bertz CT molecular complexity index is 952. The SMILES string of the molecule is CC1(C2(NC(=O)c3ccc(F)cc3)CC2)C=C(NC(=O)OCc2ccccc2)C1. The molecule has 1 unspecified atom stereocenters. The summed E-state index contributed by atoms with van der Waals surface area (Å²) in [5.41, 5.74) is 1.61. The third-order valence-electron chi connectivity index (χ3n) is 5.83. The number of halogens is 1. The van der Waals surface area contributed by atoms with Gasteiger partial charge in [-0.2, -0.15) is 0 Å². The number of ether oxygens (including phenoxy) is 1. The van der Waals surface area contributed by atoms with E-state index in [0.717, 1.165) is 24.1 Å². The predicted molar refractivity (Wildman–Crippen MR) is 106 cm³/mol. The highest BCUT2D eigenvalue weighted by molar-refractivity contribution is 5.95. The third-order valence-corrected chi connectivity index (χ3v) is 5.83. The Morgan fingerprint density at radius 3 is 2.34 bits per heavy atom. The molecule has 150 valence electrons. The molecule has 2 aliphatic carbocycles. The van der Waals surface area contributed by atoms with E-state index in [1.807, 2.05) is 36.4 Å². The lowest BCUT2D eigenvalue weighted by atomic mass is 9.68. The van der Waals surface area contributed by atoms with Gasteiger partial charge < -0.3 is 10.1 Å². The van der Waals surface area contributed by atoms with Gasteiger partial charge in [-0.3, -0.25) is 10.1 Å². The van der Waals surface area contributed by atoms with E-state index in [9.17, 15) is 14.0 Å². The first-order valence-electron chi connectivity index (χ1n) is 9.67. The first-order valence-corrected chi connectivity index (χ1v) is 9.67. The molecule has 2 N–H and O–H groups in total. The van der Waals surface area contributed by atoms with E-state index in [1.54, 1.807) is 0 Å². The maximum Gasteiger partial charge on any atom is 0.411 e. The topological polar surface area (TPSA) is 67.4 Å². The predicted octanol–water partition coefficient (Wildman–Crippen LogP) is 4.31. The average Bonchev–Trinajstić information content (AvgIpc) is 3.47. The van der Waals surface area contributed by atoms with Crippen molar-refractivity contribution in [3.63, 3.8) is 0 Å². The van der Waals surface area contributed by atoms with Crippen molar-refractivity contribution in [3.05, 3.63) is 83.3 Å². The molecule has 5 nitrogen and oxygen atoms in total. The summed E-state index contributed by atoms with van der Waals surface area (Å²) in [7, 11) is 0. The van der Waals surface area contributed by atoms with Crippen molar-refractivity contribution in [2.24, 2.45) is 5.41 Å². The highest BCUT2D eigenvalue weighted by atomic mass is 19.1. The van der Waals surface area contributed by atoms with Gasteiger partial charge in [-0.1, -0.05) is 43.3 Å². The van der Waals surface area contributed by atoms with Crippen LogP contribution in [0.25, 0.3) is 0 Å². The number of carbonyl (C=O) groups excluding carboxylic acids is 2. The largest absolute Gasteiger partial charge is 0.444 e. The normalized spacial score (nSPS) is 21.4. The maximum atomic E-state index is 13.1. The molecule has 0 aromatic heterocycles. The zero-order chi connectivity index (χ0) is 20.5. The molecule has 2 amide bonds. The Morgan fingerprint density at radius 2 is 1.72 bits per heavy atom. The van der Waals surface area contributed by atoms with E-state index in [1.165, 1.54) is 24.3 Å². The molecular weight excluding hydrogens is 371 g/mol. The van der Waals surface area contributed by atoms with Crippen molar-refractivity contribution in [3.8, 4) is 0 Å². The second-order valence-electron chi connectivity index (χ2n) is 7.99. The minimum Gasteiger partial charge on any atom is -0.444 e. The minimum absolute atomic E-state index is 0.208. The van der Waals surface area contributed by atoms with E-state index in [0.29, 0.717) is 12.0 Å². The van der Waals surface area contributed by atoms with Crippen molar-refractivity contribution in [1.82, 2.24) is 10.6 Å². The molecule has 1 atom stereocenters. The molecular formula is C23H23FN2O3. The highest BCUT2D eigenvalue weighted by Crippen LogP contribution is 2.58. The third kappa shape index (κ3) is 4.01. The molecule has 0 aliphatic heterocycles. The molecule has 2 aromatic carbocycles. The van der Waals surface area contributed by atoms with E-state index in [2.05, 4.69) is 17.6 Å². The Kier molecular flexibility index (Phi) is 4.86. The summed E-state index contributed by atoms with van der Waals surface area (Å²) < 4.78 is 18.3. The van der Waals surface area contributed by atoms with Crippen LogP contribution < -0.4 is 10.6 Å². The van der Waals surface area contributed by atoms with Crippen molar-refractivity contribution in [2.75, 3.05) is 0 Å². The highest BCUT2D eigenvalue weighted by Gasteiger charge is 2.59. The molecule has 1 fully saturated rings. The summed E-state index contributed by atoms with van der Waals surface area (Å²) in [6.45, 7) is 2.29. The Morgan fingerprint density at radius 1 is 1.07 bits per heavy atom. The monoisotopic (exact) mass is 394 g/mol. The first-order chi connectivity index (χ1) is 13.9. The number of benzene rings is 2. The molecule has 1 saturated carbocycles. The van der Waals surface area contributed by atoms with Gasteiger partial charge >= 0.3 is 6.09 Å². The van der Waals surface area contributed by atoms with E-state index >= 15 is 0 Å². The van der Waals surface area contributed by atoms with Crippen LogP contribution in [0.2, 0.25) is 0 Å². The first kappa shape index (κ1) is 19.2. The fourth-order valence-corrected chi connectivity index (χ4v) is 3.88. The number of hydrogen-bond acceptors (Lipinski definition) is 3. The molecule has 6 heteroatoms. The molecule has 0 heterocycles. The lowest BCUT2D eigenvalue weighted by Gasteiger charge is -2.44. The van der Waals surface area contributed by atoms with E-state index in [4.69, 9.17) is 4.74 Å². The zero-order valence-electron chi connectivity index (χ0n) is 16.2. The summed E-state index contributed by atoms with van der Waals surface area (Å²) in [5, 5.41) is 5.89. The Hall–Kier alpha value is -3.15. The average molecular weight is 394 g/mol. The molecule has 2 aromatic rings. The number of hydrogen-bond donors (Lipinski definition) is 2. The summed E-state index contributed by atoms with van der Waals surface area (Å²) in [6.07, 6.45) is 3.91. The van der Waals surface area contributed by atoms with Crippen LogP contribution in [-0.4, -0.2) is 17.5 Å². The van der Waals surface area contributed by atoms with Crippen LogP contribution in [0.4, 0.5) is 9.18 Å². The van der Waals surface area contributed by atoms with Crippen LogP contribution in [0.3, 0.4) is 0 Å². The van der Waals surface area contributed by atoms with Crippen molar-refractivity contribution < 1.29 is 18.7 Å². The number of alkyl carbamates (subject to hydrolysis) is 1. The van der Waals surface area contributed by atoms with Gasteiger partial charge in [-0.15, -0.1) is 0 Å². The van der Waals surface area contributed by atoms with Gasteiger partial charge in [0, 0.05) is 22.2 Å². The van der Waals surface area contributed by atoms with E-state index in [-0.39, 0.29) is 29.3 Å². The van der Waals surface area contributed by atoms with Crippen LogP contribution in [-0.2, 0) is 11.3 Å². The van der Waals surface area contributed by atoms with Crippen molar-refractivity contribution >= 4 is 12.0 Å². The smallest absolute Gasteiger partial charge is 0.411 e.